The zero-order valence-electron chi connectivity index (χ0n) is 11.1. The number of rotatable bonds is 5. The molecule has 2 rings (SSSR count). The van der Waals surface area contributed by atoms with Crippen LogP contribution in [0.3, 0.4) is 0 Å². The van der Waals surface area contributed by atoms with Gasteiger partial charge in [-0.2, -0.15) is 0 Å². The van der Waals surface area contributed by atoms with Crippen LogP contribution in [-0.2, 0) is 10.0 Å². The molecule has 0 aliphatic heterocycles. The van der Waals surface area contributed by atoms with Gasteiger partial charge in [-0.05, 0) is 24.8 Å². The minimum absolute atomic E-state index is 0.137. The largest absolute Gasteiger partial charge is 0.372 e. The smallest absolute Gasteiger partial charge is 0.244 e. The number of hydrogen-bond acceptors (Lipinski definition) is 4. The lowest BCUT2D eigenvalue weighted by atomic mass is 9.86. The molecule has 0 atom stereocenters. The van der Waals surface area contributed by atoms with E-state index >= 15 is 0 Å². The van der Waals surface area contributed by atoms with Crippen LogP contribution in [-0.4, -0.2) is 38.3 Å². The normalized spacial score (nSPS) is 16.4. The lowest BCUT2D eigenvalue weighted by molar-refractivity contribution is 0.263. The number of pyridine rings is 1. The molecule has 1 N–H and O–H groups in total. The minimum Gasteiger partial charge on any atom is -0.372 e. The van der Waals surface area contributed by atoms with E-state index in [-0.39, 0.29) is 4.90 Å². The standard InChI is InChI=1S/C12H18ClN3O2S/c1-14-12-11(13)6-10(7-15-12)19(17,18)16(2)8-9-4-3-5-9/h6-7,9H,3-5,8H2,1-2H3,(H,14,15). The number of halogens is 1. The van der Waals surface area contributed by atoms with Gasteiger partial charge in [-0.15, -0.1) is 0 Å². The number of hydrogen-bond donors (Lipinski definition) is 1. The van der Waals surface area contributed by atoms with E-state index in [1.807, 2.05) is 0 Å². The predicted molar refractivity (Wildman–Crippen MR) is 76.0 cm³/mol. The Kier molecular flexibility index (Phi) is 4.32. The first kappa shape index (κ1) is 14.6. The van der Waals surface area contributed by atoms with Crippen molar-refractivity contribution in [2.45, 2.75) is 24.2 Å². The van der Waals surface area contributed by atoms with Gasteiger partial charge >= 0.3 is 0 Å². The molecule has 1 fully saturated rings. The van der Waals surface area contributed by atoms with Gasteiger partial charge in [-0.25, -0.2) is 17.7 Å². The highest BCUT2D eigenvalue weighted by Gasteiger charge is 2.27. The van der Waals surface area contributed by atoms with Gasteiger partial charge in [0.15, 0.2) is 0 Å². The van der Waals surface area contributed by atoms with E-state index in [0.29, 0.717) is 23.3 Å². The van der Waals surface area contributed by atoms with Crippen LogP contribution in [0.5, 0.6) is 0 Å². The van der Waals surface area contributed by atoms with Gasteiger partial charge in [0.25, 0.3) is 0 Å². The zero-order chi connectivity index (χ0) is 14.0. The molecule has 7 heteroatoms. The lowest BCUT2D eigenvalue weighted by Crippen LogP contribution is -2.34. The fourth-order valence-electron chi connectivity index (χ4n) is 2.06. The van der Waals surface area contributed by atoms with Crippen LogP contribution in [0.1, 0.15) is 19.3 Å². The maximum absolute atomic E-state index is 12.4. The number of nitrogens with one attached hydrogen (secondary N) is 1. The van der Waals surface area contributed by atoms with E-state index in [4.69, 9.17) is 11.6 Å². The molecule has 1 aromatic heterocycles. The number of nitrogens with zero attached hydrogens (tertiary/aromatic N) is 2. The van der Waals surface area contributed by atoms with Crippen molar-refractivity contribution in [3.63, 3.8) is 0 Å². The number of aromatic nitrogens is 1. The predicted octanol–water partition coefficient (Wildman–Crippen LogP) is 2.20. The monoisotopic (exact) mass is 303 g/mol. The van der Waals surface area contributed by atoms with Crippen LogP contribution in [0.4, 0.5) is 5.82 Å². The summed E-state index contributed by atoms with van der Waals surface area (Å²) in [5.74, 6) is 0.960. The Hall–Kier alpha value is -0.850. The van der Waals surface area contributed by atoms with E-state index in [1.165, 1.54) is 23.0 Å². The van der Waals surface area contributed by atoms with Crippen molar-refractivity contribution in [1.82, 2.24) is 9.29 Å². The summed E-state index contributed by atoms with van der Waals surface area (Å²) in [4.78, 5) is 4.15. The third-order valence-corrected chi connectivity index (χ3v) is 5.58. The SMILES string of the molecule is CNc1ncc(S(=O)(=O)N(C)CC2CCC2)cc1Cl. The van der Waals surface area contributed by atoms with E-state index in [1.54, 1.807) is 14.1 Å². The van der Waals surface area contributed by atoms with Gasteiger partial charge in [-0.1, -0.05) is 18.0 Å². The van der Waals surface area contributed by atoms with E-state index in [2.05, 4.69) is 10.3 Å². The third-order valence-electron chi connectivity index (χ3n) is 3.50. The molecule has 0 radical (unpaired) electrons. The molecular formula is C12H18ClN3O2S. The van der Waals surface area contributed by atoms with Gasteiger partial charge in [0.05, 0.1) is 5.02 Å². The molecule has 106 valence electrons. The van der Waals surface area contributed by atoms with Crippen molar-refractivity contribution in [2.24, 2.45) is 5.92 Å². The average Bonchev–Trinajstić information content (AvgIpc) is 2.33. The minimum atomic E-state index is -3.50. The molecule has 0 saturated heterocycles. The van der Waals surface area contributed by atoms with Crippen LogP contribution in [0.2, 0.25) is 5.02 Å². The van der Waals surface area contributed by atoms with Gasteiger partial charge < -0.3 is 5.32 Å². The van der Waals surface area contributed by atoms with Crippen LogP contribution in [0.25, 0.3) is 0 Å². The van der Waals surface area contributed by atoms with Crippen molar-refractivity contribution >= 4 is 27.4 Å². The number of anilines is 1. The summed E-state index contributed by atoms with van der Waals surface area (Å²) in [6.45, 7) is 0.563. The summed E-state index contributed by atoms with van der Waals surface area (Å²) in [5, 5.41) is 3.11. The maximum atomic E-state index is 12.4. The Bertz CT molecular complexity index is 558. The highest BCUT2D eigenvalue weighted by Crippen LogP contribution is 2.29. The fraction of sp³-hybridized carbons (Fsp3) is 0.583. The first-order valence-electron chi connectivity index (χ1n) is 6.25. The van der Waals surface area contributed by atoms with Crippen LogP contribution >= 0.6 is 11.6 Å². The van der Waals surface area contributed by atoms with Gasteiger partial charge in [-0.3, -0.25) is 0 Å². The first-order chi connectivity index (χ1) is 8.95. The summed E-state index contributed by atoms with van der Waals surface area (Å²) in [6, 6.07) is 1.44. The molecule has 0 unspecified atom stereocenters. The molecule has 5 nitrogen and oxygen atoms in total. The fourth-order valence-corrected chi connectivity index (χ4v) is 3.61. The maximum Gasteiger partial charge on any atom is 0.244 e. The van der Waals surface area contributed by atoms with E-state index in [0.717, 1.165) is 12.8 Å². The van der Waals surface area contributed by atoms with Crippen molar-refractivity contribution in [3.05, 3.63) is 17.3 Å². The van der Waals surface area contributed by atoms with Crippen molar-refractivity contribution in [3.8, 4) is 0 Å². The molecule has 1 saturated carbocycles. The zero-order valence-corrected chi connectivity index (χ0v) is 12.6. The Labute approximate surface area is 119 Å². The second kappa shape index (κ2) is 5.64. The molecule has 1 aliphatic carbocycles. The Morgan fingerprint density at radius 1 is 1.53 bits per heavy atom. The lowest BCUT2D eigenvalue weighted by Gasteiger charge is -2.29. The topological polar surface area (TPSA) is 62.3 Å². The summed E-state index contributed by atoms with van der Waals surface area (Å²) in [6.07, 6.45) is 4.75. The Morgan fingerprint density at radius 3 is 2.68 bits per heavy atom. The number of sulfonamides is 1. The van der Waals surface area contributed by atoms with Crippen LogP contribution in [0.15, 0.2) is 17.2 Å². The molecule has 1 aliphatic rings. The second-order valence-electron chi connectivity index (χ2n) is 4.83. The molecular weight excluding hydrogens is 286 g/mol. The van der Waals surface area contributed by atoms with Crippen molar-refractivity contribution < 1.29 is 8.42 Å². The van der Waals surface area contributed by atoms with Crippen LogP contribution < -0.4 is 5.32 Å². The summed E-state index contributed by atoms with van der Waals surface area (Å²) in [7, 11) is -0.209. The van der Waals surface area contributed by atoms with Gasteiger partial charge in [0, 0.05) is 26.8 Å². The molecule has 0 spiro atoms. The highest BCUT2D eigenvalue weighted by atomic mass is 35.5. The summed E-state index contributed by atoms with van der Waals surface area (Å²) >= 11 is 5.98. The summed E-state index contributed by atoms with van der Waals surface area (Å²) < 4.78 is 26.1. The average molecular weight is 304 g/mol. The Balaban J connectivity index is 2.20. The van der Waals surface area contributed by atoms with Crippen LogP contribution in [0, 0.1) is 5.92 Å². The molecule has 19 heavy (non-hydrogen) atoms. The highest BCUT2D eigenvalue weighted by molar-refractivity contribution is 7.89. The van der Waals surface area contributed by atoms with Crippen molar-refractivity contribution in [2.75, 3.05) is 26.0 Å². The van der Waals surface area contributed by atoms with E-state index in [9.17, 15) is 8.42 Å². The van der Waals surface area contributed by atoms with Crippen molar-refractivity contribution in [1.29, 1.82) is 0 Å². The quantitative estimate of drug-likeness (QED) is 0.906. The third kappa shape index (κ3) is 3.01. The molecule has 0 bridgehead atoms. The Morgan fingerprint density at radius 2 is 2.21 bits per heavy atom. The van der Waals surface area contributed by atoms with Gasteiger partial charge in [0.2, 0.25) is 10.0 Å². The van der Waals surface area contributed by atoms with E-state index < -0.39 is 10.0 Å². The molecule has 1 heterocycles. The molecule has 0 amide bonds. The second-order valence-corrected chi connectivity index (χ2v) is 7.29. The first-order valence-corrected chi connectivity index (χ1v) is 8.06. The molecule has 0 aromatic carbocycles. The summed E-state index contributed by atoms with van der Waals surface area (Å²) in [5.41, 5.74) is 0. The molecule has 1 aromatic rings. The van der Waals surface area contributed by atoms with Gasteiger partial charge in [0.1, 0.15) is 10.7 Å².